The molecular formula is C11H13N3O4. The molecule has 1 aromatic rings. The minimum atomic E-state index is -1.03. The molecule has 1 aliphatic heterocycles. The van der Waals surface area contributed by atoms with Crippen molar-refractivity contribution in [2.24, 2.45) is 0 Å². The Morgan fingerprint density at radius 2 is 1.89 bits per heavy atom. The van der Waals surface area contributed by atoms with Crippen LogP contribution in [0.15, 0.2) is 12.4 Å². The molecular weight excluding hydrogens is 238 g/mol. The number of aliphatic carboxylic acids is 1. The van der Waals surface area contributed by atoms with Crippen LogP contribution < -0.4 is 4.90 Å². The zero-order valence-corrected chi connectivity index (χ0v) is 9.70. The Kier molecular flexibility index (Phi) is 3.40. The minimum absolute atomic E-state index is 0.257. The van der Waals surface area contributed by atoms with Crippen molar-refractivity contribution in [3.05, 3.63) is 12.4 Å². The van der Waals surface area contributed by atoms with E-state index in [0.29, 0.717) is 31.4 Å². The molecule has 2 heterocycles. The van der Waals surface area contributed by atoms with Crippen LogP contribution in [0.25, 0.3) is 0 Å². The van der Waals surface area contributed by atoms with Crippen LogP contribution in [0, 0.1) is 0 Å². The van der Waals surface area contributed by atoms with Crippen molar-refractivity contribution in [3.63, 3.8) is 0 Å². The monoisotopic (exact) mass is 251 g/mol. The maximum Gasteiger partial charge on any atom is 0.325 e. The molecule has 18 heavy (non-hydrogen) atoms. The summed E-state index contributed by atoms with van der Waals surface area (Å²) in [4.78, 5) is 35.2. The fraction of sp³-hybridized carbons (Fsp3) is 0.455. The van der Waals surface area contributed by atoms with Crippen LogP contribution in [-0.2, 0) is 20.9 Å². The van der Waals surface area contributed by atoms with E-state index in [-0.39, 0.29) is 18.4 Å². The predicted octanol–water partition coefficient (Wildman–Crippen LogP) is 0.401. The van der Waals surface area contributed by atoms with Gasteiger partial charge < -0.3 is 5.11 Å². The fourth-order valence-electron chi connectivity index (χ4n) is 1.90. The van der Waals surface area contributed by atoms with Crippen LogP contribution in [0.2, 0.25) is 0 Å². The lowest BCUT2D eigenvalue weighted by Gasteiger charge is -2.15. The smallest absolute Gasteiger partial charge is 0.325 e. The Labute approximate surface area is 103 Å². The van der Waals surface area contributed by atoms with Gasteiger partial charge in [-0.25, -0.2) is 4.90 Å². The van der Waals surface area contributed by atoms with Crippen molar-refractivity contribution in [2.45, 2.75) is 32.2 Å². The number of imide groups is 1. The SMILES string of the molecule is O=C(O)Cn1cc(N2C(=O)CCCCC2=O)cn1. The number of amides is 2. The summed E-state index contributed by atoms with van der Waals surface area (Å²) in [6.45, 7) is -0.295. The van der Waals surface area contributed by atoms with Crippen molar-refractivity contribution in [1.82, 2.24) is 9.78 Å². The van der Waals surface area contributed by atoms with E-state index < -0.39 is 5.97 Å². The number of aromatic nitrogens is 2. The Hall–Kier alpha value is -2.18. The normalized spacial score (nSPS) is 16.8. The lowest BCUT2D eigenvalue weighted by Crippen LogP contribution is -2.34. The van der Waals surface area contributed by atoms with E-state index in [2.05, 4.69) is 5.10 Å². The first-order chi connectivity index (χ1) is 8.58. The molecule has 1 aromatic heterocycles. The molecule has 2 amide bonds. The van der Waals surface area contributed by atoms with Crippen molar-refractivity contribution in [1.29, 1.82) is 0 Å². The van der Waals surface area contributed by atoms with E-state index in [0.717, 1.165) is 4.90 Å². The first kappa shape index (κ1) is 12.3. The van der Waals surface area contributed by atoms with Gasteiger partial charge in [-0.05, 0) is 12.8 Å². The molecule has 0 spiro atoms. The Morgan fingerprint density at radius 1 is 1.28 bits per heavy atom. The van der Waals surface area contributed by atoms with Crippen molar-refractivity contribution in [2.75, 3.05) is 4.90 Å². The summed E-state index contributed by atoms with van der Waals surface area (Å²) in [5.41, 5.74) is 0.341. The molecule has 0 unspecified atom stereocenters. The highest BCUT2D eigenvalue weighted by molar-refractivity contribution is 6.15. The van der Waals surface area contributed by atoms with Gasteiger partial charge in [0.1, 0.15) is 6.54 Å². The van der Waals surface area contributed by atoms with Crippen molar-refractivity contribution < 1.29 is 19.5 Å². The molecule has 0 aromatic carbocycles. The largest absolute Gasteiger partial charge is 0.480 e. The van der Waals surface area contributed by atoms with Gasteiger partial charge in [-0.1, -0.05) is 0 Å². The molecule has 0 saturated carbocycles. The zero-order chi connectivity index (χ0) is 13.1. The molecule has 96 valence electrons. The third-order valence-corrected chi connectivity index (χ3v) is 2.71. The van der Waals surface area contributed by atoms with Gasteiger partial charge in [0.2, 0.25) is 11.8 Å². The molecule has 1 fully saturated rings. The second-order valence-corrected chi connectivity index (χ2v) is 4.12. The summed E-state index contributed by atoms with van der Waals surface area (Å²) in [5, 5.41) is 12.4. The molecule has 1 aliphatic rings. The second-order valence-electron chi connectivity index (χ2n) is 4.12. The number of carboxylic acid groups (broad SMARTS) is 1. The molecule has 1 N–H and O–H groups in total. The third kappa shape index (κ3) is 2.55. The van der Waals surface area contributed by atoms with Crippen molar-refractivity contribution >= 4 is 23.5 Å². The van der Waals surface area contributed by atoms with E-state index in [1.165, 1.54) is 17.1 Å². The number of carbonyl (C=O) groups is 3. The molecule has 1 saturated heterocycles. The van der Waals surface area contributed by atoms with Crippen LogP contribution in [0.5, 0.6) is 0 Å². The van der Waals surface area contributed by atoms with E-state index >= 15 is 0 Å². The molecule has 0 bridgehead atoms. The average Bonchev–Trinajstić information content (AvgIpc) is 2.65. The third-order valence-electron chi connectivity index (χ3n) is 2.71. The number of hydrogen-bond acceptors (Lipinski definition) is 4. The van der Waals surface area contributed by atoms with Gasteiger partial charge in [0.05, 0.1) is 11.9 Å². The molecule has 0 atom stereocenters. The fourth-order valence-corrected chi connectivity index (χ4v) is 1.90. The molecule has 0 radical (unpaired) electrons. The highest BCUT2D eigenvalue weighted by atomic mass is 16.4. The van der Waals surface area contributed by atoms with Crippen LogP contribution >= 0.6 is 0 Å². The summed E-state index contributed by atoms with van der Waals surface area (Å²) in [7, 11) is 0. The van der Waals surface area contributed by atoms with Gasteiger partial charge in [-0.2, -0.15) is 5.10 Å². The number of carboxylic acids is 1. The number of rotatable bonds is 3. The number of anilines is 1. The van der Waals surface area contributed by atoms with Crippen LogP contribution in [0.4, 0.5) is 5.69 Å². The van der Waals surface area contributed by atoms with Crippen LogP contribution in [-0.4, -0.2) is 32.7 Å². The van der Waals surface area contributed by atoms with Gasteiger partial charge in [-0.3, -0.25) is 19.1 Å². The topological polar surface area (TPSA) is 92.5 Å². The Morgan fingerprint density at radius 3 is 2.44 bits per heavy atom. The van der Waals surface area contributed by atoms with E-state index in [4.69, 9.17) is 5.11 Å². The molecule has 0 aliphatic carbocycles. The lowest BCUT2D eigenvalue weighted by atomic mass is 10.2. The summed E-state index contributed by atoms with van der Waals surface area (Å²) in [5.74, 6) is -1.54. The van der Waals surface area contributed by atoms with E-state index in [9.17, 15) is 14.4 Å². The molecule has 2 rings (SSSR count). The highest BCUT2D eigenvalue weighted by Gasteiger charge is 2.26. The first-order valence-electron chi connectivity index (χ1n) is 5.68. The van der Waals surface area contributed by atoms with E-state index in [1.807, 2.05) is 0 Å². The maximum atomic E-state index is 11.8. The standard InChI is InChI=1S/C11H13N3O4/c15-9-3-1-2-4-10(16)14(9)8-5-12-13(6-8)7-11(17)18/h5-6H,1-4,7H2,(H,17,18). The zero-order valence-electron chi connectivity index (χ0n) is 9.70. The lowest BCUT2D eigenvalue weighted by molar-refractivity contribution is -0.138. The van der Waals surface area contributed by atoms with Gasteiger partial charge >= 0.3 is 5.97 Å². The number of hydrogen-bond donors (Lipinski definition) is 1. The second kappa shape index (κ2) is 4.99. The quantitative estimate of drug-likeness (QED) is 0.785. The number of carbonyl (C=O) groups excluding carboxylic acids is 2. The Balaban J connectivity index is 2.22. The Bertz CT molecular complexity index is 476. The predicted molar refractivity (Wildman–Crippen MR) is 60.8 cm³/mol. The summed E-state index contributed by atoms with van der Waals surface area (Å²) in [6.07, 6.45) is 4.79. The van der Waals surface area contributed by atoms with Gasteiger partial charge in [0, 0.05) is 19.0 Å². The van der Waals surface area contributed by atoms with Crippen LogP contribution in [0.3, 0.4) is 0 Å². The van der Waals surface area contributed by atoms with E-state index in [1.54, 1.807) is 0 Å². The highest BCUT2D eigenvalue weighted by Crippen LogP contribution is 2.20. The molecule has 7 heteroatoms. The van der Waals surface area contributed by atoms with Gasteiger partial charge in [0.25, 0.3) is 0 Å². The van der Waals surface area contributed by atoms with Gasteiger partial charge in [-0.15, -0.1) is 0 Å². The molecule has 7 nitrogen and oxygen atoms in total. The number of nitrogens with zero attached hydrogens (tertiary/aromatic N) is 3. The first-order valence-corrected chi connectivity index (χ1v) is 5.68. The minimum Gasteiger partial charge on any atom is -0.480 e. The summed E-state index contributed by atoms with van der Waals surface area (Å²) >= 11 is 0. The summed E-state index contributed by atoms with van der Waals surface area (Å²) < 4.78 is 1.18. The average molecular weight is 251 g/mol. The van der Waals surface area contributed by atoms with Crippen molar-refractivity contribution in [3.8, 4) is 0 Å². The van der Waals surface area contributed by atoms with Crippen LogP contribution in [0.1, 0.15) is 25.7 Å². The van der Waals surface area contributed by atoms with Gasteiger partial charge in [0.15, 0.2) is 0 Å². The maximum absolute atomic E-state index is 11.8. The summed E-state index contributed by atoms with van der Waals surface area (Å²) in [6, 6.07) is 0.